The Balaban J connectivity index is 1.82. The lowest BCUT2D eigenvalue weighted by Gasteiger charge is -2.18. The molecule has 0 N–H and O–H groups in total. The van der Waals surface area contributed by atoms with E-state index in [1.165, 1.54) is 5.56 Å². The highest BCUT2D eigenvalue weighted by Crippen LogP contribution is 2.23. The van der Waals surface area contributed by atoms with Crippen molar-refractivity contribution < 1.29 is 13.9 Å². The van der Waals surface area contributed by atoms with Crippen LogP contribution in [0.5, 0.6) is 11.5 Å². The third-order valence-electron chi connectivity index (χ3n) is 4.09. The Hall–Kier alpha value is -2.79. The van der Waals surface area contributed by atoms with Crippen molar-refractivity contribution in [1.29, 1.82) is 0 Å². The molecule has 3 rings (SSSR count). The fourth-order valence-electron chi connectivity index (χ4n) is 2.86. The molecule has 1 heterocycles. The SMILES string of the molecule is COc1ccc(CN(C)Cc2cc(=O)oc3cc(OC)ccc23)cc1. The smallest absolute Gasteiger partial charge is 0.336 e. The van der Waals surface area contributed by atoms with Gasteiger partial charge in [0.2, 0.25) is 0 Å². The van der Waals surface area contributed by atoms with Crippen LogP contribution in [0, 0.1) is 0 Å². The van der Waals surface area contributed by atoms with Crippen LogP contribution >= 0.6 is 0 Å². The van der Waals surface area contributed by atoms with E-state index in [9.17, 15) is 4.79 Å². The molecule has 1 aromatic heterocycles. The van der Waals surface area contributed by atoms with Gasteiger partial charge in [-0.3, -0.25) is 4.90 Å². The number of rotatable bonds is 6. The summed E-state index contributed by atoms with van der Waals surface area (Å²) in [5, 5.41) is 0.919. The number of methoxy groups -OCH3 is 2. The Bertz CT molecular complexity index is 915. The summed E-state index contributed by atoms with van der Waals surface area (Å²) in [6.45, 7) is 1.41. The molecule has 5 nitrogen and oxygen atoms in total. The second-order valence-electron chi connectivity index (χ2n) is 5.97. The summed E-state index contributed by atoms with van der Waals surface area (Å²) >= 11 is 0. The fourth-order valence-corrected chi connectivity index (χ4v) is 2.86. The Morgan fingerprint density at radius 1 is 0.920 bits per heavy atom. The van der Waals surface area contributed by atoms with Gasteiger partial charge in [0.15, 0.2) is 0 Å². The number of benzene rings is 2. The van der Waals surface area contributed by atoms with Crippen molar-refractivity contribution in [3.05, 3.63) is 70.1 Å². The number of hydrogen-bond acceptors (Lipinski definition) is 5. The zero-order valence-electron chi connectivity index (χ0n) is 14.6. The topological polar surface area (TPSA) is 51.9 Å². The lowest BCUT2D eigenvalue weighted by molar-refractivity contribution is 0.319. The largest absolute Gasteiger partial charge is 0.497 e. The van der Waals surface area contributed by atoms with E-state index in [0.717, 1.165) is 23.2 Å². The minimum atomic E-state index is -0.353. The normalized spacial score (nSPS) is 11.0. The van der Waals surface area contributed by atoms with Crippen LogP contribution in [0.2, 0.25) is 0 Å². The summed E-state index contributed by atoms with van der Waals surface area (Å²) in [6.07, 6.45) is 0. The minimum Gasteiger partial charge on any atom is -0.497 e. The van der Waals surface area contributed by atoms with Gasteiger partial charge in [-0.1, -0.05) is 12.1 Å². The van der Waals surface area contributed by atoms with E-state index in [1.807, 2.05) is 43.4 Å². The van der Waals surface area contributed by atoms with Crippen LogP contribution < -0.4 is 15.1 Å². The average Bonchev–Trinajstić information content (AvgIpc) is 2.61. The summed E-state index contributed by atoms with van der Waals surface area (Å²) in [7, 11) is 5.27. The molecule has 0 unspecified atom stereocenters. The first kappa shape index (κ1) is 17.0. The molecule has 0 bridgehead atoms. The molecule has 3 aromatic rings. The molecule has 0 saturated carbocycles. The zero-order valence-corrected chi connectivity index (χ0v) is 14.6. The van der Waals surface area contributed by atoms with Gasteiger partial charge in [0.1, 0.15) is 17.1 Å². The quantitative estimate of drug-likeness (QED) is 0.644. The van der Waals surface area contributed by atoms with E-state index >= 15 is 0 Å². The first-order valence-corrected chi connectivity index (χ1v) is 8.01. The summed E-state index contributed by atoms with van der Waals surface area (Å²) < 4.78 is 15.7. The summed E-state index contributed by atoms with van der Waals surface area (Å²) in [4.78, 5) is 14.0. The number of fused-ring (bicyclic) bond motifs is 1. The van der Waals surface area contributed by atoms with E-state index in [0.29, 0.717) is 17.9 Å². The highest BCUT2D eigenvalue weighted by Gasteiger charge is 2.10. The highest BCUT2D eigenvalue weighted by molar-refractivity contribution is 5.81. The van der Waals surface area contributed by atoms with Crippen LogP contribution in [-0.4, -0.2) is 26.2 Å². The van der Waals surface area contributed by atoms with Gasteiger partial charge in [0.05, 0.1) is 14.2 Å². The van der Waals surface area contributed by atoms with Crippen molar-refractivity contribution in [3.8, 4) is 11.5 Å². The maximum atomic E-state index is 11.9. The Morgan fingerprint density at radius 2 is 1.60 bits per heavy atom. The molecule has 2 aromatic carbocycles. The van der Waals surface area contributed by atoms with Gasteiger partial charge in [0, 0.05) is 30.6 Å². The third kappa shape index (κ3) is 4.00. The van der Waals surface area contributed by atoms with E-state index in [4.69, 9.17) is 13.9 Å². The van der Waals surface area contributed by atoms with Gasteiger partial charge in [-0.25, -0.2) is 4.79 Å². The van der Waals surface area contributed by atoms with E-state index in [-0.39, 0.29) is 5.63 Å². The molecular weight excluding hydrogens is 318 g/mol. The first-order chi connectivity index (χ1) is 12.1. The predicted molar refractivity (Wildman–Crippen MR) is 97.2 cm³/mol. The standard InChI is InChI=1S/C20H21NO4/c1-21(12-14-4-6-16(23-2)7-5-14)13-15-10-20(22)25-19-11-17(24-3)8-9-18(15)19/h4-11H,12-13H2,1-3H3. The van der Waals surface area contributed by atoms with Crippen molar-refractivity contribution in [3.63, 3.8) is 0 Å². The molecule has 130 valence electrons. The van der Waals surface area contributed by atoms with Crippen molar-refractivity contribution in [2.75, 3.05) is 21.3 Å². The van der Waals surface area contributed by atoms with Crippen LogP contribution in [0.25, 0.3) is 11.0 Å². The number of ether oxygens (including phenoxy) is 2. The molecule has 0 atom stereocenters. The van der Waals surface area contributed by atoms with E-state index < -0.39 is 0 Å². The number of hydrogen-bond donors (Lipinski definition) is 0. The lowest BCUT2D eigenvalue weighted by Crippen LogP contribution is -2.18. The molecule has 25 heavy (non-hydrogen) atoms. The van der Waals surface area contributed by atoms with Gasteiger partial charge >= 0.3 is 5.63 Å². The van der Waals surface area contributed by atoms with E-state index in [2.05, 4.69) is 4.90 Å². The van der Waals surface area contributed by atoms with Crippen molar-refractivity contribution in [2.24, 2.45) is 0 Å². The number of nitrogens with zero attached hydrogens (tertiary/aromatic N) is 1. The van der Waals surface area contributed by atoms with Crippen molar-refractivity contribution in [1.82, 2.24) is 4.90 Å². The third-order valence-corrected chi connectivity index (χ3v) is 4.09. The molecule has 0 radical (unpaired) electrons. The fraction of sp³-hybridized carbons (Fsp3) is 0.250. The van der Waals surface area contributed by atoms with Gasteiger partial charge in [0.25, 0.3) is 0 Å². The van der Waals surface area contributed by atoms with Gasteiger partial charge < -0.3 is 13.9 Å². The van der Waals surface area contributed by atoms with Crippen LogP contribution in [0.15, 0.2) is 57.7 Å². The van der Waals surface area contributed by atoms with Gasteiger partial charge in [-0.15, -0.1) is 0 Å². The summed E-state index contributed by atoms with van der Waals surface area (Å²) in [6, 6.07) is 15.1. The second kappa shape index (κ2) is 7.40. The van der Waals surface area contributed by atoms with Crippen molar-refractivity contribution in [2.45, 2.75) is 13.1 Å². The van der Waals surface area contributed by atoms with Gasteiger partial charge in [-0.2, -0.15) is 0 Å². The van der Waals surface area contributed by atoms with Crippen LogP contribution in [0.1, 0.15) is 11.1 Å². The molecule has 0 amide bonds. The first-order valence-electron chi connectivity index (χ1n) is 8.01. The Labute approximate surface area is 146 Å². The predicted octanol–water partition coefficient (Wildman–Crippen LogP) is 3.44. The van der Waals surface area contributed by atoms with E-state index in [1.54, 1.807) is 26.4 Å². The zero-order chi connectivity index (χ0) is 17.8. The highest BCUT2D eigenvalue weighted by atomic mass is 16.5. The maximum Gasteiger partial charge on any atom is 0.336 e. The lowest BCUT2D eigenvalue weighted by atomic mass is 10.1. The minimum absolute atomic E-state index is 0.353. The molecule has 0 aliphatic heterocycles. The summed E-state index contributed by atoms with van der Waals surface area (Å²) in [5.41, 5.74) is 2.30. The summed E-state index contributed by atoms with van der Waals surface area (Å²) in [5.74, 6) is 1.51. The molecule has 0 saturated heterocycles. The monoisotopic (exact) mass is 339 g/mol. The Morgan fingerprint density at radius 3 is 2.28 bits per heavy atom. The second-order valence-corrected chi connectivity index (χ2v) is 5.97. The molecule has 0 aliphatic rings. The van der Waals surface area contributed by atoms with Gasteiger partial charge in [-0.05, 0) is 42.4 Å². The van der Waals surface area contributed by atoms with Crippen molar-refractivity contribution >= 4 is 11.0 Å². The molecule has 5 heteroatoms. The molecular formula is C20H21NO4. The molecule has 0 spiro atoms. The average molecular weight is 339 g/mol. The van der Waals surface area contributed by atoms with Crippen LogP contribution in [0.4, 0.5) is 0 Å². The molecule has 0 aliphatic carbocycles. The molecule has 0 fully saturated rings. The van der Waals surface area contributed by atoms with Crippen LogP contribution in [-0.2, 0) is 13.1 Å². The Kier molecular flexibility index (Phi) is 5.05. The maximum absolute atomic E-state index is 11.9. The van der Waals surface area contributed by atoms with Crippen LogP contribution in [0.3, 0.4) is 0 Å².